The number of thiazole rings is 1. The maximum Gasteiger partial charge on any atom is 0.115 e. The maximum absolute atomic E-state index is 4.86. The van der Waals surface area contributed by atoms with Crippen LogP contribution in [0, 0.1) is 0 Å². The number of benzene rings is 1. The molecule has 0 amide bonds. The van der Waals surface area contributed by atoms with E-state index in [1.54, 1.807) is 0 Å². The molecule has 1 unspecified atom stereocenters. The van der Waals surface area contributed by atoms with Gasteiger partial charge in [0.15, 0.2) is 0 Å². The van der Waals surface area contributed by atoms with Gasteiger partial charge in [-0.25, -0.2) is 4.98 Å². The lowest BCUT2D eigenvalue weighted by Gasteiger charge is -2.14. The van der Waals surface area contributed by atoms with Crippen molar-refractivity contribution < 1.29 is 0 Å². The lowest BCUT2D eigenvalue weighted by Crippen LogP contribution is -2.17. The quantitative estimate of drug-likeness (QED) is 0.923. The van der Waals surface area contributed by atoms with Crippen molar-refractivity contribution in [3.8, 4) is 0 Å². The molecule has 2 nitrogen and oxygen atoms in total. The second-order valence-electron chi connectivity index (χ2n) is 5.94. The molecule has 2 aliphatic carbocycles. The summed E-state index contributed by atoms with van der Waals surface area (Å²) in [4.78, 5) is 6.37. The molecular formula is C17H20N2S. The third kappa shape index (κ3) is 2.19. The first-order valence-corrected chi connectivity index (χ1v) is 8.42. The highest BCUT2D eigenvalue weighted by molar-refractivity contribution is 7.11. The van der Waals surface area contributed by atoms with Crippen LogP contribution in [0.3, 0.4) is 0 Å². The molecule has 1 heterocycles. The summed E-state index contributed by atoms with van der Waals surface area (Å²) in [6.07, 6.45) is 6.42. The van der Waals surface area contributed by atoms with Gasteiger partial charge in [-0.3, -0.25) is 0 Å². The number of rotatable bonds is 4. The highest BCUT2D eigenvalue weighted by Crippen LogP contribution is 2.40. The lowest BCUT2D eigenvalue weighted by molar-refractivity contribution is 0.682. The molecule has 4 rings (SSSR count). The van der Waals surface area contributed by atoms with Gasteiger partial charge in [0.05, 0.1) is 11.7 Å². The summed E-state index contributed by atoms with van der Waals surface area (Å²) in [5.41, 5.74) is 4.19. The highest BCUT2D eigenvalue weighted by Gasteiger charge is 2.25. The fraction of sp³-hybridized carbons (Fsp3) is 0.471. The van der Waals surface area contributed by atoms with Crippen molar-refractivity contribution in [3.63, 3.8) is 0 Å². The first-order chi connectivity index (χ1) is 9.85. The minimum absolute atomic E-state index is 0.249. The Morgan fingerprint density at radius 3 is 2.65 bits per heavy atom. The smallest absolute Gasteiger partial charge is 0.115 e. The van der Waals surface area contributed by atoms with E-state index in [1.807, 2.05) is 18.4 Å². The molecule has 1 saturated carbocycles. The minimum atomic E-state index is 0.249. The number of hydrogen-bond acceptors (Lipinski definition) is 3. The predicted molar refractivity (Wildman–Crippen MR) is 83.5 cm³/mol. The summed E-state index contributed by atoms with van der Waals surface area (Å²) in [6, 6.07) is 9.42. The molecule has 1 aromatic heterocycles. The Labute approximate surface area is 124 Å². The van der Waals surface area contributed by atoms with Gasteiger partial charge in [0, 0.05) is 4.88 Å². The molecule has 1 aromatic carbocycles. The Morgan fingerprint density at radius 1 is 1.20 bits per heavy atom. The first-order valence-electron chi connectivity index (χ1n) is 7.61. The number of aryl methyl sites for hydroxylation is 2. The summed E-state index contributed by atoms with van der Waals surface area (Å²) in [7, 11) is 2.03. The van der Waals surface area contributed by atoms with E-state index in [2.05, 4.69) is 29.6 Å². The van der Waals surface area contributed by atoms with E-state index in [1.165, 1.54) is 58.8 Å². The van der Waals surface area contributed by atoms with Gasteiger partial charge < -0.3 is 5.32 Å². The summed E-state index contributed by atoms with van der Waals surface area (Å²) in [5.74, 6) is 0.834. The van der Waals surface area contributed by atoms with Gasteiger partial charge in [-0.2, -0.15) is 0 Å². The van der Waals surface area contributed by atoms with Crippen molar-refractivity contribution in [2.45, 2.75) is 44.1 Å². The molecule has 2 aliphatic rings. The van der Waals surface area contributed by atoms with Gasteiger partial charge in [0.25, 0.3) is 0 Å². The SMILES string of the molecule is CNC(c1ccc(C2CC2)cc1)c1nc2c(s1)CCC2. The van der Waals surface area contributed by atoms with Crippen molar-refractivity contribution in [2.75, 3.05) is 7.05 Å². The van der Waals surface area contributed by atoms with Crippen LogP contribution in [0.15, 0.2) is 24.3 Å². The van der Waals surface area contributed by atoms with Crippen LogP contribution >= 0.6 is 11.3 Å². The second-order valence-corrected chi connectivity index (χ2v) is 7.05. The third-order valence-corrected chi connectivity index (χ3v) is 5.69. The monoisotopic (exact) mass is 284 g/mol. The van der Waals surface area contributed by atoms with Gasteiger partial charge in [-0.15, -0.1) is 11.3 Å². The number of hydrogen-bond donors (Lipinski definition) is 1. The normalized spacial score (nSPS) is 19.1. The van der Waals surface area contributed by atoms with Gasteiger partial charge in [0.1, 0.15) is 5.01 Å². The topological polar surface area (TPSA) is 24.9 Å². The molecule has 3 heteroatoms. The zero-order valence-electron chi connectivity index (χ0n) is 11.9. The van der Waals surface area contributed by atoms with Crippen molar-refractivity contribution in [2.24, 2.45) is 0 Å². The van der Waals surface area contributed by atoms with E-state index in [9.17, 15) is 0 Å². The lowest BCUT2D eigenvalue weighted by atomic mass is 10.0. The second kappa shape index (κ2) is 4.97. The average Bonchev–Trinajstić information content (AvgIpc) is 3.10. The van der Waals surface area contributed by atoms with E-state index in [4.69, 9.17) is 4.98 Å². The Balaban J connectivity index is 1.62. The minimum Gasteiger partial charge on any atom is -0.307 e. The molecule has 1 fully saturated rings. The van der Waals surface area contributed by atoms with Crippen LogP contribution < -0.4 is 5.32 Å². The standard InChI is InChI=1S/C17H20N2S/c1-18-16(17-19-14-3-2-4-15(14)20-17)13-9-7-12(8-10-13)11-5-6-11/h7-11,16,18H,2-6H2,1H3. The molecule has 0 aliphatic heterocycles. The Kier molecular flexibility index (Phi) is 3.12. The Bertz CT molecular complexity index is 589. The van der Waals surface area contributed by atoms with Gasteiger partial charge >= 0.3 is 0 Å². The largest absolute Gasteiger partial charge is 0.307 e. The molecule has 0 bridgehead atoms. The van der Waals surface area contributed by atoms with Crippen LogP contribution in [0.5, 0.6) is 0 Å². The van der Waals surface area contributed by atoms with E-state index in [0.717, 1.165) is 5.92 Å². The van der Waals surface area contributed by atoms with Gasteiger partial charge in [0.2, 0.25) is 0 Å². The van der Waals surface area contributed by atoms with Crippen LogP contribution in [0.2, 0.25) is 0 Å². The van der Waals surface area contributed by atoms with Crippen molar-refractivity contribution in [3.05, 3.63) is 51.0 Å². The van der Waals surface area contributed by atoms with E-state index in [0.29, 0.717) is 0 Å². The molecule has 0 saturated heterocycles. The van der Waals surface area contributed by atoms with Gasteiger partial charge in [-0.05, 0) is 56.2 Å². The Hall–Kier alpha value is -1.19. The number of nitrogens with zero attached hydrogens (tertiary/aromatic N) is 1. The van der Waals surface area contributed by atoms with Crippen LogP contribution in [0.25, 0.3) is 0 Å². The number of aromatic nitrogens is 1. The van der Waals surface area contributed by atoms with Crippen LogP contribution in [-0.4, -0.2) is 12.0 Å². The van der Waals surface area contributed by atoms with Crippen molar-refractivity contribution >= 4 is 11.3 Å². The molecule has 0 spiro atoms. The molecule has 1 N–H and O–H groups in total. The van der Waals surface area contributed by atoms with Crippen LogP contribution in [0.1, 0.15) is 57.9 Å². The summed E-state index contributed by atoms with van der Waals surface area (Å²) in [5, 5.41) is 4.67. The summed E-state index contributed by atoms with van der Waals surface area (Å²) in [6.45, 7) is 0. The van der Waals surface area contributed by atoms with Crippen LogP contribution in [0.4, 0.5) is 0 Å². The molecule has 1 atom stereocenters. The zero-order valence-corrected chi connectivity index (χ0v) is 12.7. The highest BCUT2D eigenvalue weighted by atomic mass is 32.1. The zero-order chi connectivity index (χ0) is 13.5. The molecule has 20 heavy (non-hydrogen) atoms. The maximum atomic E-state index is 4.86. The van der Waals surface area contributed by atoms with E-state index < -0.39 is 0 Å². The van der Waals surface area contributed by atoms with Crippen LogP contribution in [-0.2, 0) is 12.8 Å². The first kappa shape index (κ1) is 12.5. The molecule has 104 valence electrons. The van der Waals surface area contributed by atoms with E-state index in [-0.39, 0.29) is 6.04 Å². The Morgan fingerprint density at radius 2 is 2.00 bits per heavy atom. The van der Waals surface area contributed by atoms with Crippen molar-refractivity contribution in [1.29, 1.82) is 0 Å². The van der Waals surface area contributed by atoms with Crippen molar-refractivity contribution in [1.82, 2.24) is 10.3 Å². The fourth-order valence-electron chi connectivity index (χ4n) is 3.14. The predicted octanol–water partition coefficient (Wildman–Crippen LogP) is 3.82. The molecule has 2 aromatic rings. The van der Waals surface area contributed by atoms with Gasteiger partial charge in [-0.1, -0.05) is 24.3 Å². The average molecular weight is 284 g/mol. The molecular weight excluding hydrogens is 264 g/mol. The summed E-state index contributed by atoms with van der Waals surface area (Å²) >= 11 is 1.90. The molecule has 0 radical (unpaired) electrons. The fourth-order valence-corrected chi connectivity index (χ4v) is 4.44. The number of fused-ring (bicyclic) bond motifs is 1. The summed E-state index contributed by atoms with van der Waals surface area (Å²) < 4.78 is 0. The third-order valence-electron chi connectivity index (χ3n) is 4.47. The van der Waals surface area contributed by atoms with E-state index >= 15 is 0 Å². The number of nitrogens with one attached hydrogen (secondary N) is 1.